The van der Waals surface area contributed by atoms with Gasteiger partial charge in [0, 0.05) is 13.0 Å². The largest absolute Gasteiger partial charge is 0.480 e. The highest BCUT2D eigenvalue weighted by Gasteiger charge is 2.49. The van der Waals surface area contributed by atoms with E-state index in [9.17, 15) is 28.7 Å². The fraction of sp³-hybridized carbons (Fsp3) is 0.700. The van der Waals surface area contributed by atoms with Crippen LogP contribution in [0.5, 0.6) is 0 Å². The zero-order valence-electron chi connectivity index (χ0n) is 10.5. The fourth-order valence-corrected chi connectivity index (χ4v) is 3.43. The molecule has 0 unspecified atom stereocenters. The van der Waals surface area contributed by atoms with Gasteiger partial charge in [-0.25, -0.2) is 9.80 Å². The first-order valence-corrected chi connectivity index (χ1v) is 7.83. The van der Waals surface area contributed by atoms with Crippen LogP contribution in [0, 0.1) is 0 Å². The normalized spacial score (nSPS) is 28.1. The summed E-state index contributed by atoms with van der Waals surface area (Å²) in [6, 6.07) is -1.26. The quantitative estimate of drug-likeness (QED) is 0.565. The maximum atomic E-state index is 12.3. The van der Waals surface area contributed by atoms with Gasteiger partial charge in [-0.1, -0.05) is 0 Å². The van der Waals surface area contributed by atoms with E-state index in [0.29, 0.717) is 6.42 Å². The molecule has 2 rings (SSSR count). The molecule has 20 heavy (non-hydrogen) atoms. The monoisotopic (exact) mass is 306 g/mol. The number of carboxylic acid groups (broad SMARTS) is 1. The lowest BCUT2D eigenvalue weighted by molar-refractivity contribution is -0.179. The highest BCUT2D eigenvalue weighted by atomic mass is 31.2. The van der Waals surface area contributed by atoms with Crippen LogP contribution < -0.4 is 0 Å². The van der Waals surface area contributed by atoms with Gasteiger partial charge in [-0.3, -0.25) is 19.2 Å². The molecular formula is C10H15N2O7P. The van der Waals surface area contributed by atoms with Crippen LogP contribution in [0.3, 0.4) is 0 Å². The molecule has 2 saturated heterocycles. The van der Waals surface area contributed by atoms with Crippen molar-refractivity contribution in [1.29, 1.82) is 0 Å². The van der Waals surface area contributed by atoms with Gasteiger partial charge in [-0.2, -0.15) is 0 Å². The minimum atomic E-state index is -4.73. The first-order valence-electron chi connectivity index (χ1n) is 6.15. The molecule has 3 N–H and O–H groups in total. The topological polar surface area (TPSA) is 135 Å². The first kappa shape index (κ1) is 15.0. The molecule has 0 aliphatic carbocycles. The zero-order chi connectivity index (χ0) is 15.1. The van der Waals surface area contributed by atoms with Gasteiger partial charge in [0.2, 0.25) is 5.91 Å². The number of fused-ring (bicyclic) bond motifs is 1. The molecule has 2 aliphatic rings. The minimum Gasteiger partial charge on any atom is -0.480 e. The Bertz CT molecular complexity index is 502. The number of rotatable bonds is 2. The molecule has 2 fully saturated rings. The summed E-state index contributed by atoms with van der Waals surface area (Å²) < 4.78 is 11.4. The Kier molecular flexibility index (Phi) is 3.86. The predicted molar refractivity (Wildman–Crippen MR) is 64.3 cm³/mol. The molecule has 0 aromatic carbocycles. The third-order valence-electron chi connectivity index (χ3n) is 3.52. The van der Waals surface area contributed by atoms with Crippen LogP contribution in [0.1, 0.15) is 25.7 Å². The SMILES string of the molecule is O=C(O)[C@@H]1CCCN2C(=O)CC[C@H](P(=O)(O)O)C(=O)N12. The summed E-state index contributed by atoms with van der Waals surface area (Å²) in [6.07, 6.45) is 0.109. The number of amides is 2. The third kappa shape index (κ3) is 2.56. The molecule has 0 bridgehead atoms. The number of hydrogen-bond donors (Lipinski definition) is 3. The maximum absolute atomic E-state index is 12.3. The van der Waals surface area contributed by atoms with Crippen molar-refractivity contribution < 1.29 is 33.8 Å². The molecule has 0 aromatic rings. The van der Waals surface area contributed by atoms with E-state index in [0.717, 1.165) is 10.0 Å². The molecule has 2 aliphatic heterocycles. The average molecular weight is 306 g/mol. The Morgan fingerprint density at radius 2 is 1.90 bits per heavy atom. The molecule has 0 aromatic heterocycles. The van der Waals surface area contributed by atoms with E-state index >= 15 is 0 Å². The summed E-state index contributed by atoms with van der Waals surface area (Å²) in [5.74, 6) is -2.77. The Balaban J connectivity index is 2.42. The Morgan fingerprint density at radius 3 is 2.45 bits per heavy atom. The van der Waals surface area contributed by atoms with E-state index in [1.165, 1.54) is 0 Å². The number of carbonyl (C=O) groups is 3. The molecule has 2 atom stereocenters. The summed E-state index contributed by atoms with van der Waals surface area (Å²) in [7, 11) is -4.73. The molecule has 0 radical (unpaired) electrons. The van der Waals surface area contributed by atoms with Gasteiger partial charge >= 0.3 is 13.6 Å². The fourth-order valence-electron chi connectivity index (χ4n) is 2.56. The summed E-state index contributed by atoms with van der Waals surface area (Å²) in [5.41, 5.74) is -1.66. The molecule has 2 amide bonds. The Hall–Kier alpha value is -1.44. The van der Waals surface area contributed by atoms with Crippen LogP contribution >= 0.6 is 7.60 Å². The lowest BCUT2D eigenvalue weighted by atomic mass is 10.1. The van der Waals surface area contributed by atoms with Crippen LogP contribution in [-0.2, 0) is 18.9 Å². The second-order valence-electron chi connectivity index (χ2n) is 4.84. The van der Waals surface area contributed by atoms with Crippen molar-refractivity contribution in [2.75, 3.05) is 6.54 Å². The van der Waals surface area contributed by atoms with Crippen molar-refractivity contribution in [3.05, 3.63) is 0 Å². The average Bonchev–Trinajstić information content (AvgIpc) is 2.47. The number of aliphatic carboxylic acids is 1. The van der Waals surface area contributed by atoms with Crippen molar-refractivity contribution in [3.63, 3.8) is 0 Å². The van der Waals surface area contributed by atoms with Crippen molar-refractivity contribution in [2.45, 2.75) is 37.4 Å². The smallest absolute Gasteiger partial charge is 0.338 e. The van der Waals surface area contributed by atoms with E-state index in [4.69, 9.17) is 5.11 Å². The number of carboxylic acids is 1. The van der Waals surface area contributed by atoms with Gasteiger partial charge in [0.25, 0.3) is 5.91 Å². The highest BCUT2D eigenvalue weighted by Crippen LogP contribution is 2.46. The summed E-state index contributed by atoms with van der Waals surface area (Å²) in [4.78, 5) is 53.8. The number of nitrogens with zero attached hydrogens (tertiary/aromatic N) is 2. The predicted octanol–water partition coefficient (Wildman–Crippen LogP) is -0.854. The number of carbonyl (C=O) groups excluding carboxylic acids is 2. The number of hydrazine groups is 1. The van der Waals surface area contributed by atoms with Crippen molar-refractivity contribution >= 4 is 25.4 Å². The molecule has 2 heterocycles. The zero-order valence-corrected chi connectivity index (χ0v) is 11.4. The molecule has 0 spiro atoms. The van der Waals surface area contributed by atoms with Crippen LogP contribution in [0.15, 0.2) is 0 Å². The van der Waals surface area contributed by atoms with Crippen LogP contribution in [-0.4, -0.2) is 60.9 Å². The van der Waals surface area contributed by atoms with Crippen molar-refractivity contribution in [3.8, 4) is 0 Å². The summed E-state index contributed by atoms with van der Waals surface area (Å²) >= 11 is 0. The second kappa shape index (κ2) is 5.16. The third-order valence-corrected chi connectivity index (χ3v) is 4.82. The summed E-state index contributed by atoms with van der Waals surface area (Å²) in [5, 5.41) is 10.9. The van der Waals surface area contributed by atoms with E-state index < -0.39 is 37.1 Å². The molecule has 10 heteroatoms. The second-order valence-corrected chi connectivity index (χ2v) is 6.64. The van der Waals surface area contributed by atoms with E-state index in [2.05, 4.69) is 0 Å². The standard InChI is InChI=1S/C10H15N2O7P/c13-8-4-3-7(20(17,18)19)9(14)12-6(10(15)16)2-1-5-11(8)12/h6-7H,1-5H2,(H,15,16)(H2,17,18,19)/t6-,7-/m0/s1. The Labute approximate surface area is 114 Å². The van der Waals surface area contributed by atoms with Gasteiger partial charge in [0.1, 0.15) is 5.66 Å². The molecule has 112 valence electrons. The van der Waals surface area contributed by atoms with Gasteiger partial charge in [0.15, 0.2) is 6.04 Å². The molecular weight excluding hydrogens is 291 g/mol. The van der Waals surface area contributed by atoms with Crippen LogP contribution in [0.25, 0.3) is 0 Å². The van der Waals surface area contributed by atoms with Gasteiger partial charge in [-0.05, 0) is 19.3 Å². The van der Waals surface area contributed by atoms with Gasteiger partial charge in [0.05, 0.1) is 0 Å². The van der Waals surface area contributed by atoms with Crippen LogP contribution in [0.2, 0.25) is 0 Å². The highest BCUT2D eigenvalue weighted by molar-refractivity contribution is 7.53. The first-order chi connectivity index (χ1) is 9.23. The summed E-state index contributed by atoms with van der Waals surface area (Å²) in [6.45, 7) is 0.183. The van der Waals surface area contributed by atoms with E-state index in [1.54, 1.807) is 0 Å². The van der Waals surface area contributed by atoms with Gasteiger partial charge in [-0.15, -0.1) is 0 Å². The minimum absolute atomic E-state index is 0.152. The Morgan fingerprint density at radius 1 is 1.25 bits per heavy atom. The molecule has 9 nitrogen and oxygen atoms in total. The lowest BCUT2D eigenvalue weighted by Crippen LogP contribution is -2.60. The van der Waals surface area contributed by atoms with Crippen LogP contribution in [0.4, 0.5) is 0 Å². The molecule has 0 saturated carbocycles. The van der Waals surface area contributed by atoms with Gasteiger partial charge < -0.3 is 14.9 Å². The number of hydrogen-bond acceptors (Lipinski definition) is 4. The lowest BCUT2D eigenvalue weighted by Gasteiger charge is -2.41. The van der Waals surface area contributed by atoms with E-state index in [-0.39, 0.29) is 25.8 Å². The van der Waals surface area contributed by atoms with E-state index in [1.807, 2.05) is 0 Å². The van der Waals surface area contributed by atoms with Crippen molar-refractivity contribution in [2.24, 2.45) is 0 Å². The van der Waals surface area contributed by atoms with Crippen molar-refractivity contribution in [1.82, 2.24) is 10.0 Å². The maximum Gasteiger partial charge on any atom is 0.338 e.